The number of hydrogen-bond acceptors (Lipinski definition) is 4. The molecule has 4 aromatic rings. The van der Waals surface area contributed by atoms with E-state index < -0.39 is 0 Å². The van der Waals surface area contributed by atoms with Crippen LogP contribution in [0, 0.1) is 6.92 Å². The van der Waals surface area contributed by atoms with Crippen LogP contribution >= 0.6 is 34.3 Å². The number of nitrogens with one attached hydrogen (secondary N) is 1. The molecule has 0 aliphatic heterocycles. The van der Waals surface area contributed by atoms with E-state index in [1.54, 1.807) is 11.3 Å². The van der Waals surface area contributed by atoms with Gasteiger partial charge in [-0.1, -0.05) is 23.2 Å². The molecule has 0 saturated carbocycles. The molecule has 6 heteroatoms. The first kappa shape index (κ1) is 16.5. The minimum atomic E-state index is -0.0618. The van der Waals surface area contributed by atoms with E-state index in [0.717, 1.165) is 33.0 Å². The highest BCUT2D eigenvalue weighted by Gasteiger charge is 2.15. The molecule has 0 aliphatic rings. The van der Waals surface area contributed by atoms with Gasteiger partial charge in [0.25, 0.3) is 5.91 Å². The smallest absolute Gasteiger partial charge is 0.261 e. The topological polar surface area (TPSA) is 42.0 Å². The molecule has 4 rings (SSSR count). The molecule has 0 saturated heterocycles. The molecule has 0 bridgehead atoms. The van der Waals surface area contributed by atoms with Crippen molar-refractivity contribution >= 4 is 61.2 Å². The van der Waals surface area contributed by atoms with E-state index in [2.05, 4.69) is 27.8 Å². The molecule has 3 nitrogen and oxygen atoms in total. The van der Waals surface area contributed by atoms with Gasteiger partial charge in [0.05, 0.1) is 10.4 Å². The minimum absolute atomic E-state index is 0.0618. The molecule has 1 aromatic carbocycles. The van der Waals surface area contributed by atoms with Gasteiger partial charge in [-0.25, -0.2) is 4.98 Å². The maximum absolute atomic E-state index is 12.5. The third-order valence-electron chi connectivity index (χ3n) is 4.07. The van der Waals surface area contributed by atoms with Crippen LogP contribution in [-0.2, 0) is 6.42 Å². The Morgan fingerprint density at radius 2 is 2.12 bits per heavy atom. The average Bonchev–Trinajstić information content (AvgIpc) is 3.25. The lowest BCUT2D eigenvalue weighted by atomic mass is 10.1. The molecular weight excluding hydrogens is 372 g/mol. The standard InChI is InChI=1S/C19H15ClN2OS2/c1-11-2-3-15-13(8-11)17-14(18(20)22-15)9-16(25-17)19(23)21-6-4-12-5-7-24-10-12/h2-3,5,7-10H,4,6H2,1H3,(H,21,23). The third-order valence-corrected chi connectivity index (χ3v) is 6.26. The van der Waals surface area contributed by atoms with Crippen LogP contribution in [0.5, 0.6) is 0 Å². The van der Waals surface area contributed by atoms with Gasteiger partial charge in [-0.3, -0.25) is 4.79 Å². The zero-order valence-electron chi connectivity index (χ0n) is 13.5. The number of aromatic nitrogens is 1. The second-order valence-electron chi connectivity index (χ2n) is 5.91. The Morgan fingerprint density at radius 3 is 2.92 bits per heavy atom. The van der Waals surface area contributed by atoms with Crippen LogP contribution in [0.25, 0.3) is 21.0 Å². The summed E-state index contributed by atoms with van der Waals surface area (Å²) >= 11 is 9.47. The SMILES string of the molecule is Cc1ccc2nc(Cl)c3cc(C(=O)NCCc4ccsc4)sc3c2c1. The van der Waals surface area contributed by atoms with Gasteiger partial charge in [0.15, 0.2) is 0 Å². The van der Waals surface area contributed by atoms with E-state index in [9.17, 15) is 4.79 Å². The lowest BCUT2D eigenvalue weighted by molar-refractivity contribution is 0.0958. The first-order valence-corrected chi connectivity index (χ1v) is 10.0. The Morgan fingerprint density at radius 1 is 1.24 bits per heavy atom. The van der Waals surface area contributed by atoms with Gasteiger partial charge in [0.1, 0.15) is 5.15 Å². The average molecular weight is 387 g/mol. The molecule has 1 amide bonds. The molecule has 0 spiro atoms. The number of thiophene rings is 2. The Labute approximate surface area is 158 Å². The van der Waals surface area contributed by atoms with Crippen molar-refractivity contribution in [3.05, 3.63) is 62.2 Å². The lowest BCUT2D eigenvalue weighted by Gasteiger charge is -2.02. The van der Waals surface area contributed by atoms with E-state index in [1.165, 1.54) is 16.9 Å². The molecule has 25 heavy (non-hydrogen) atoms. The summed E-state index contributed by atoms with van der Waals surface area (Å²) in [5, 5.41) is 9.47. The maximum Gasteiger partial charge on any atom is 0.261 e. The van der Waals surface area contributed by atoms with E-state index in [0.29, 0.717) is 16.6 Å². The van der Waals surface area contributed by atoms with E-state index >= 15 is 0 Å². The molecule has 0 aliphatic carbocycles. The lowest BCUT2D eigenvalue weighted by Crippen LogP contribution is -2.24. The molecule has 3 heterocycles. The molecule has 1 N–H and O–H groups in total. The molecule has 3 aromatic heterocycles. The molecule has 0 radical (unpaired) electrons. The van der Waals surface area contributed by atoms with Gasteiger partial charge in [0.2, 0.25) is 0 Å². The van der Waals surface area contributed by atoms with Crippen molar-refractivity contribution in [3.8, 4) is 0 Å². The first-order valence-electron chi connectivity index (χ1n) is 7.90. The number of carbonyl (C=O) groups is 1. The number of nitrogens with zero attached hydrogens (tertiary/aromatic N) is 1. The summed E-state index contributed by atoms with van der Waals surface area (Å²) in [5.74, 6) is -0.0618. The predicted molar refractivity (Wildman–Crippen MR) is 107 cm³/mol. The van der Waals surface area contributed by atoms with Crippen molar-refractivity contribution in [1.82, 2.24) is 10.3 Å². The van der Waals surface area contributed by atoms with E-state index in [-0.39, 0.29) is 5.91 Å². The fourth-order valence-electron chi connectivity index (χ4n) is 2.79. The summed E-state index contributed by atoms with van der Waals surface area (Å²) in [6.45, 7) is 2.67. The fraction of sp³-hybridized carbons (Fsp3) is 0.158. The summed E-state index contributed by atoms with van der Waals surface area (Å²) < 4.78 is 1.02. The number of halogens is 1. The van der Waals surface area contributed by atoms with Crippen molar-refractivity contribution < 1.29 is 4.79 Å². The number of aryl methyl sites for hydroxylation is 1. The Kier molecular flexibility index (Phi) is 4.46. The highest BCUT2D eigenvalue weighted by molar-refractivity contribution is 7.21. The normalized spacial score (nSPS) is 11.3. The van der Waals surface area contributed by atoms with Gasteiger partial charge < -0.3 is 5.32 Å². The highest BCUT2D eigenvalue weighted by Crippen LogP contribution is 2.36. The minimum Gasteiger partial charge on any atom is -0.351 e. The number of pyridine rings is 1. The van der Waals surface area contributed by atoms with Gasteiger partial charge in [-0.2, -0.15) is 11.3 Å². The maximum atomic E-state index is 12.5. The van der Waals surface area contributed by atoms with Crippen LogP contribution in [0.1, 0.15) is 20.8 Å². The van der Waals surface area contributed by atoms with Crippen molar-refractivity contribution in [3.63, 3.8) is 0 Å². The van der Waals surface area contributed by atoms with Crippen LogP contribution in [0.2, 0.25) is 5.15 Å². The van der Waals surface area contributed by atoms with Crippen molar-refractivity contribution in [1.29, 1.82) is 0 Å². The number of amides is 1. The molecular formula is C19H15ClN2OS2. The summed E-state index contributed by atoms with van der Waals surface area (Å²) in [6, 6.07) is 10.0. The summed E-state index contributed by atoms with van der Waals surface area (Å²) in [6.07, 6.45) is 0.838. The second-order valence-corrected chi connectivity index (χ2v) is 8.10. The van der Waals surface area contributed by atoms with Gasteiger partial charge in [-0.15, -0.1) is 11.3 Å². The van der Waals surface area contributed by atoms with Crippen molar-refractivity contribution in [2.24, 2.45) is 0 Å². The third kappa shape index (κ3) is 3.27. The van der Waals surface area contributed by atoms with Crippen LogP contribution in [0.15, 0.2) is 41.1 Å². The molecule has 0 unspecified atom stereocenters. The Hall–Kier alpha value is -1.95. The monoisotopic (exact) mass is 386 g/mol. The zero-order chi connectivity index (χ0) is 17.4. The molecule has 0 atom stereocenters. The first-order chi connectivity index (χ1) is 12.1. The van der Waals surface area contributed by atoms with Crippen LogP contribution in [-0.4, -0.2) is 17.4 Å². The fourth-order valence-corrected chi connectivity index (χ4v) is 4.89. The summed E-state index contributed by atoms with van der Waals surface area (Å²) in [5.41, 5.74) is 3.26. The highest BCUT2D eigenvalue weighted by atomic mass is 35.5. The van der Waals surface area contributed by atoms with Crippen LogP contribution in [0.3, 0.4) is 0 Å². The van der Waals surface area contributed by atoms with Crippen molar-refractivity contribution in [2.75, 3.05) is 6.54 Å². The second kappa shape index (κ2) is 6.75. The number of fused-ring (bicyclic) bond motifs is 3. The van der Waals surface area contributed by atoms with Crippen LogP contribution in [0.4, 0.5) is 0 Å². The quantitative estimate of drug-likeness (QED) is 0.474. The summed E-state index contributed by atoms with van der Waals surface area (Å²) in [4.78, 5) is 17.6. The van der Waals surface area contributed by atoms with Crippen LogP contribution < -0.4 is 5.32 Å². The Bertz CT molecular complexity index is 1070. The van der Waals surface area contributed by atoms with Gasteiger partial charge in [-0.05, 0) is 53.9 Å². The predicted octanol–water partition coefficient (Wildman–Crippen LogP) is 5.45. The van der Waals surface area contributed by atoms with E-state index in [4.69, 9.17) is 11.6 Å². The number of rotatable bonds is 4. The molecule has 126 valence electrons. The zero-order valence-corrected chi connectivity index (χ0v) is 15.9. The number of hydrogen-bond donors (Lipinski definition) is 1. The Balaban J connectivity index is 1.63. The largest absolute Gasteiger partial charge is 0.351 e. The van der Waals surface area contributed by atoms with E-state index in [1.807, 2.05) is 30.5 Å². The number of carbonyl (C=O) groups excluding carboxylic acids is 1. The van der Waals surface area contributed by atoms with Gasteiger partial charge >= 0.3 is 0 Å². The summed E-state index contributed by atoms with van der Waals surface area (Å²) in [7, 11) is 0. The molecule has 0 fully saturated rings. The number of benzene rings is 1. The van der Waals surface area contributed by atoms with Crippen molar-refractivity contribution in [2.45, 2.75) is 13.3 Å². The van der Waals surface area contributed by atoms with Gasteiger partial charge in [0, 0.05) is 22.0 Å².